The van der Waals surface area contributed by atoms with Crippen LogP contribution in [0.5, 0.6) is 0 Å². The number of thiophene rings is 1. The highest BCUT2D eigenvalue weighted by Gasteiger charge is 2.26. The van der Waals surface area contributed by atoms with Crippen LogP contribution in [0.3, 0.4) is 0 Å². The first kappa shape index (κ1) is 16.5. The fraction of sp³-hybridized carbons (Fsp3) is 0.500. The van der Waals surface area contributed by atoms with E-state index in [9.17, 15) is 4.79 Å². The van der Waals surface area contributed by atoms with Crippen LogP contribution in [-0.2, 0) is 11.3 Å². The SMILES string of the molecule is O=C(CN1CCN(c2ccc(C3CC3)nn2)CC1)NCc1cccs1. The van der Waals surface area contributed by atoms with Crippen LogP contribution in [0, 0.1) is 0 Å². The molecule has 1 N–H and O–H groups in total. The minimum atomic E-state index is 0.0930. The quantitative estimate of drug-likeness (QED) is 0.855. The molecule has 0 spiro atoms. The monoisotopic (exact) mass is 357 g/mol. The second-order valence-corrected chi connectivity index (χ2v) is 7.74. The van der Waals surface area contributed by atoms with E-state index in [0.29, 0.717) is 19.0 Å². The number of amides is 1. The molecular weight excluding hydrogens is 334 g/mol. The molecule has 4 rings (SSSR count). The molecule has 1 saturated carbocycles. The van der Waals surface area contributed by atoms with E-state index in [2.05, 4.69) is 37.4 Å². The Morgan fingerprint density at radius 1 is 1.16 bits per heavy atom. The number of anilines is 1. The molecule has 1 aliphatic carbocycles. The van der Waals surface area contributed by atoms with Gasteiger partial charge in [-0.05, 0) is 36.4 Å². The van der Waals surface area contributed by atoms with E-state index < -0.39 is 0 Å². The molecule has 0 bridgehead atoms. The Kier molecular flexibility index (Phi) is 4.94. The lowest BCUT2D eigenvalue weighted by Gasteiger charge is -2.34. The molecule has 25 heavy (non-hydrogen) atoms. The number of nitrogens with zero attached hydrogens (tertiary/aromatic N) is 4. The number of carbonyl (C=O) groups is 1. The second kappa shape index (κ2) is 7.49. The standard InChI is InChI=1S/C18H23N5OS/c24-18(19-12-15-2-1-11-25-15)13-22-7-9-23(10-8-22)17-6-5-16(20-21-17)14-3-4-14/h1-2,5-6,11,14H,3-4,7-10,12-13H2,(H,19,24). The van der Waals surface area contributed by atoms with Gasteiger partial charge in [0, 0.05) is 37.0 Å². The molecule has 3 heterocycles. The number of carbonyl (C=O) groups excluding carboxylic acids is 1. The number of hydrogen-bond acceptors (Lipinski definition) is 6. The highest BCUT2D eigenvalue weighted by Crippen LogP contribution is 2.38. The second-order valence-electron chi connectivity index (χ2n) is 6.71. The molecule has 6 nitrogen and oxygen atoms in total. The molecule has 0 unspecified atom stereocenters. The van der Waals surface area contributed by atoms with E-state index in [0.717, 1.165) is 37.7 Å². The van der Waals surface area contributed by atoms with Gasteiger partial charge >= 0.3 is 0 Å². The summed E-state index contributed by atoms with van der Waals surface area (Å²) in [5, 5.41) is 13.8. The summed E-state index contributed by atoms with van der Waals surface area (Å²) >= 11 is 1.67. The molecule has 132 valence electrons. The van der Waals surface area contributed by atoms with E-state index in [1.807, 2.05) is 17.5 Å². The highest BCUT2D eigenvalue weighted by atomic mass is 32.1. The van der Waals surface area contributed by atoms with Crippen molar-refractivity contribution in [1.82, 2.24) is 20.4 Å². The fourth-order valence-electron chi connectivity index (χ4n) is 3.09. The Balaban J connectivity index is 1.21. The zero-order valence-electron chi connectivity index (χ0n) is 14.2. The lowest BCUT2D eigenvalue weighted by Crippen LogP contribution is -2.49. The number of nitrogens with one attached hydrogen (secondary N) is 1. The number of piperazine rings is 1. The van der Waals surface area contributed by atoms with Gasteiger partial charge in [0.05, 0.1) is 18.8 Å². The Morgan fingerprint density at radius 3 is 2.64 bits per heavy atom. The minimum absolute atomic E-state index is 0.0930. The molecule has 7 heteroatoms. The van der Waals surface area contributed by atoms with Crippen LogP contribution >= 0.6 is 11.3 Å². The molecule has 1 amide bonds. The molecule has 1 aliphatic heterocycles. The van der Waals surface area contributed by atoms with E-state index >= 15 is 0 Å². The molecule has 2 aliphatic rings. The van der Waals surface area contributed by atoms with Gasteiger partial charge in [-0.1, -0.05) is 6.07 Å². The predicted molar refractivity (Wildman–Crippen MR) is 98.8 cm³/mol. The van der Waals surface area contributed by atoms with Crippen LogP contribution in [0.2, 0.25) is 0 Å². The van der Waals surface area contributed by atoms with Crippen molar-refractivity contribution in [3.63, 3.8) is 0 Å². The Bertz CT molecular complexity index is 691. The Labute approximate surface area is 151 Å². The molecule has 0 atom stereocenters. The molecule has 0 aromatic carbocycles. The van der Waals surface area contributed by atoms with Crippen LogP contribution < -0.4 is 10.2 Å². The van der Waals surface area contributed by atoms with Gasteiger partial charge in [0.1, 0.15) is 0 Å². The highest BCUT2D eigenvalue weighted by molar-refractivity contribution is 7.09. The average molecular weight is 357 g/mol. The van der Waals surface area contributed by atoms with Gasteiger partial charge in [-0.15, -0.1) is 16.4 Å². The van der Waals surface area contributed by atoms with Gasteiger partial charge in [0.15, 0.2) is 5.82 Å². The lowest BCUT2D eigenvalue weighted by molar-refractivity contribution is -0.122. The van der Waals surface area contributed by atoms with E-state index in [1.165, 1.54) is 17.7 Å². The molecule has 2 aromatic heterocycles. The first-order valence-corrected chi connectivity index (χ1v) is 9.76. The van der Waals surface area contributed by atoms with Crippen molar-refractivity contribution < 1.29 is 4.79 Å². The summed E-state index contributed by atoms with van der Waals surface area (Å²) < 4.78 is 0. The third kappa shape index (κ3) is 4.35. The van der Waals surface area contributed by atoms with Crippen molar-refractivity contribution in [2.75, 3.05) is 37.6 Å². The van der Waals surface area contributed by atoms with Gasteiger partial charge in [-0.3, -0.25) is 9.69 Å². The molecule has 2 aromatic rings. The van der Waals surface area contributed by atoms with Crippen LogP contribution in [0.15, 0.2) is 29.6 Å². The first-order valence-electron chi connectivity index (χ1n) is 8.88. The average Bonchev–Trinajstić information content (AvgIpc) is 3.37. The molecule has 0 radical (unpaired) electrons. The minimum Gasteiger partial charge on any atom is -0.353 e. The van der Waals surface area contributed by atoms with E-state index in [1.54, 1.807) is 11.3 Å². The maximum absolute atomic E-state index is 12.1. The van der Waals surface area contributed by atoms with Gasteiger partial charge in [0.25, 0.3) is 0 Å². The summed E-state index contributed by atoms with van der Waals surface area (Å²) in [4.78, 5) is 17.7. The normalized spacial score (nSPS) is 18.3. The van der Waals surface area contributed by atoms with E-state index in [4.69, 9.17) is 0 Å². The summed E-state index contributed by atoms with van der Waals surface area (Å²) in [6.45, 7) is 4.60. The number of rotatable bonds is 6. The summed E-state index contributed by atoms with van der Waals surface area (Å²) in [7, 11) is 0. The fourth-order valence-corrected chi connectivity index (χ4v) is 3.74. The number of hydrogen-bond donors (Lipinski definition) is 1. The summed E-state index contributed by atoms with van der Waals surface area (Å²) in [6.07, 6.45) is 2.50. The van der Waals surface area contributed by atoms with Crippen LogP contribution in [0.1, 0.15) is 29.3 Å². The maximum atomic E-state index is 12.1. The summed E-state index contributed by atoms with van der Waals surface area (Å²) in [5.41, 5.74) is 1.13. The van der Waals surface area contributed by atoms with Crippen molar-refractivity contribution >= 4 is 23.1 Å². The van der Waals surface area contributed by atoms with Gasteiger partial charge in [0.2, 0.25) is 5.91 Å². The van der Waals surface area contributed by atoms with Crippen LogP contribution in [0.4, 0.5) is 5.82 Å². The third-order valence-corrected chi connectivity index (χ3v) is 5.65. The third-order valence-electron chi connectivity index (χ3n) is 4.77. The number of aromatic nitrogens is 2. The van der Waals surface area contributed by atoms with Crippen molar-refractivity contribution in [3.05, 3.63) is 40.2 Å². The van der Waals surface area contributed by atoms with Crippen molar-refractivity contribution in [2.45, 2.75) is 25.3 Å². The first-order chi connectivity index (χ1) is 12.3. The van der Waals surface area contributed by atoms with Crippen molar-refractivity contribution in [3.8, 4) is 0 Å². The summed E-state index contributed by atoms with van der Waals surface area (Å²) in [6, 6.07) is 8.25. The largest absolute Gasteiger partial charge is 0.353 e. The van der Waals surface area contributed by atoms with Crippen LogP contribution in [-0.4, -0.2) is 53.7 Å². The topological polar surface area (TPSA) is 61.4 Å². The Morgan fingerprint density at radius 2 is 2.00 bits per heavy atom. The Hall–Kier alpha value is -1.99. The predicted octanol–water partition coefficient (Wildman–Crippen LogP) is 1.85. The zero-order valence-corrected chi connectivity index (χ0v) is 15.0. The van der Waals surface area contributed by atoms with Crippen LogP contribution in [0.25, 0.3) is 0 Å². The van der Waals surface area contributed by atoms with Crippen molar-refractivity contribution in [2.24, 2.45) is 0 Å². The van der Waals surface area contributed by atoms with Gasteiger partial charge in [-0.2, -0.15) is 5.10 Å². The lowest BCUT2D eigenvalue weighted by atomic mass is 10.2. The summed E-state index contributed by atoms with van der Waals surface area (Å²) in [5.74, 6) is 1.69. The van der Waals surface area contributed by atoms with Gasteiger partial charge in [-0.25, -0.2) is 0 Å². The maximum Gasteiger partial charge on any atom is 0.234 e. The van der Waals surface area contributed by atoms with E-state index in [-0.39, 0.29) is 5.91 Å². The molecule has 1 saturated heterocycles. The molecular formula is C18H23N5OS. The molecule has 2 fully saturated rings. The zero-order chi connectivity index (χ0) is 17.1. The van der Waals surface area contributed by atoms with Crippen molar-refractivity contribution in [1.29, 1.82) is 0 Å². The smallest absolute Gasteiger partial charge is 0.234 e. The van der Waals surface area contributed by atoms with Gasteiger partial charge < -0.3 is 10.2 Å².